The highest BCUT2D eigenvalue weighted by Gasteiger charge is 2.21. The number of aryl methyl sites for hydroxylation is 2. The third-order valence-electron chi connectivity index (χ3n) is 3.87. The van der Waals surface area contributed by atoms with Crippen LogP contribution in [0.5, 0.6) is 5.75 Å². The van der Waals surface area contributed by atoms with Gasteiger partial charge >= 0.3 is 5.97 Å². The summed E-state index contributed by atoms with van der Waals surface area (Å²) < 4.78 is 1.65. The summed E-state index contributed by atoms with van der Waals surface area (Å²) in [5.74, 6) is -1.51. The van der Waals surface area contributed by atoms with Crippen LogP contribution in [0.15, 0.2) is 41.2 Å². The van der Waals surface area contributed by atoms with E-state index in [0.717, 1.165) is 0 Å². The summed E-state index contributed by atoms with van der Waals surface area (Å²) >= 11 is 0. The lowest BCUT2D eigenvalue weighted by atomic mass is 10.1. The molecule has 0 aliphatic heterocycles. The van der Waals surface area contributed by atoms with Crippen molar-refractivity contribution < 1.29 is 19.8 Å². The van der Waals surface area contributed by atoms with Crippen LogP contribution in [0.3, 0.4) is 0 Å². The van der Waals surface area contributed by atoms with Crippen LogP contribution in [-0.2, 0) is 22.6 Å². The second-order valence-electron chi connectivity index (χ2n) is 5.89. The van der Waals surface area contributed by atoms with Crippen molar-refractivity contribution in [2.45, 2.75) is 32.9 Å². The number of hydrogen-bond acceptors (Lipinski definition) is 4. The first-order valence-corrected chi connectivity index (χ1v) is 7.74. The van der Waals surface area contributed by atoms with E-state index < -0.39 is 17.9 Å². The van der Waals surface area contributed by atoms with Gasteiger partial charge in [-0.15, -0.1) is 0 Å². The van der Waals surface area contributed by atoms with Gasteiger partial charge in [0.1, 0.15) is 18.3 Å². The van der Waals surface area contributed by atoms with Crippen molar-refractivity contribution in [3.8, 4) is 5.75 Å². The minimum atomic E-state index is -1.14. The number of aliphatic carboxylic acids is 1. The number of aromatic hydroxyl groups is 1. The quantitative estimate of drug-likeness (QED) is 0.724. The first-order chi connectivity index (χ1) is 11.8. The first-order valence-electron chi connectivity index (χ1n) is 7.74. The van der Waals surface area contributed by atoms with E-state index in [1.807, 2.05) is 0 Å². The molecule has 0 fully saturated rings. The number of nitrogens with zero attached hydrogens (tertiary/aromatic N) is 1. The van der Waals surface area contributed by atoms with Gasteiger partial charge in [-0.3, -0.25) is 9.59 Å². The molecule has 2 aromatic rings. The number of aromatic nitrogens is 1. The number of carboxylic acid groups (broad SMARTS) is 1. The maximum absolute atomic E-state index is 12.2. The van der Waals surface area contributed by atoms with Crippen molar-refractivity contribution in [1.29, 1.82) is 0 Å². The number of phenolic OH excluding ortho intramolecular Hbond substituents is 1. The number of nitrogens with one attached hydrogen (secondary N) is 1. The lowest BCUT2D eigenvalue weighted by Crippen LogP contribution is -2.44. The molecule has 25 heavy (non-hydrogen) atoms. The predicted molar refractivity (Wildman–Crippen MR) is 91.6 cm³/mol. The van der Waals surface area contributed by atoms with Gasteiger partial charge in [0.2, 0.25) is 5.91 Å². The molecule has 7 nitrogen and oxygen atoms in total. The number of pyridine rings is 1. The molecule has 1 atom stereocenters. The second-order valence-corrected chi connectivity index (χ2v) is 5.89. The Bertz CT molecular complexity index is 813. The van der Waals surface area contributed by atoms with E-state index in [9.17, 15) is 24.6 Å². The molecule has 7 heteroatoms. The zero-order chi connectivity index (χ0) is 18.6. The van der Waals surface area contributed by atoms with E-state index in [1.54, 1.807) is 30.5 Å². The van der Waals surface area contributed by atoms with Crippen LogP contribution in [0.2, 0.25) is 0 Å². The summed E-state index contributed by atoms with van der Waals surface area (Å²) in [6, 6.07) is 7.89. The van der Waals surface area contributed by atoms with Crippen molar-refractivity contribution in [2.75, 3.05) is 0 Å². The zero-order valence-corrected chi connectivity index (χ0v) is 14.0. The molecule has 0 bridgehead atoms. The molecule has 0 radical (unpaired) electrons. The molecule has 1 aromatic carbocycles. The van der Waals surface area contributed by atoms with E-state index >= 15 is 0 Å². The molecular weight excluding hydrogens is 324 g/mol. The van der Waals surface area contributed by atoms with E-state index in [-0.39, 0.29) is 24.1 Å². The Kier molecular flexibility index (Phi) is 5.59. The van der Waals surface area contributed by atoms with E-state index in [2.05, 4.69) is 5.32 Å². The van der Waals surface area contributed by atoms with Gasteiger partial charge in [0.25, 0.3) is 0 Å². The van der Waals surface area contributed by atoms with E-state index in [1.165, 1.54) is 24.3 Å². The van der Waals surface area contributed by atoms with Crippen molar-refractivity contribution in [3.63, 3.8) is 0 Å². The lowest BCUT2D eigenvalue weighted by Gasteiger charge is -2.18. The minimum Gasteiger partial charge on any atom is -0.508 e. The van der Waals surface area contributed by atoms with Gasteiger partial charge in [0.15, 0.2) is 5.43 Å². The van der Waals surface area contributed by atoms with Gasteiger partial charge in [-0.2, -0.15) is 0 Å². The number of benzene rings is 1. The molecule has 0 saturated carbocycles. The van der Waals surface area contributed by atoms with Crippen molar-refractivity contribution in [1.82, 2.24) is 9.88 Å². The van der Waals surface area contributed by atoms with Crippen molar-refractivity contribution >= 4 is 11.9 Å². The summed E-state index contributed by atoms with van der Waals surface area (Å²) in [6.07, 6.45) is 0.101. The number of rotatable bonds is 6. The fourth-order valence-electron chi connectivity index (χ4n) is 2.59. The number of carbonyl (C=O) groups excluding carboxylic acids is 1. The molecule has 1 heterocycles. The Morgan fingerprint density at radius 1 is 1.12 bits per heavy atom. The highest BCUT2D eigenvalue weighted by Crippen LogP contribution is 2.11. The number of hydrogen-bond donors (Lipinski definition) is 3. The summed E-state index contributed by atoms with van der Waals surface area (Å²) in [5.41, 5.74) is 1.81. The maximum Gasteiger partial charge on any atom is 0.326 e. The summed E-state index contributed by atoms with van der Waals surface area (Å²) in [6.45, 7) is 3.36. The molecule has 0 saturated heterocycles. The Balaban J connectivity index is 2.09. The van der Waals surface area contributed by atoms with Gasteiger partial charge < -0.3 is 20.1 Å². The molecule has 0 spiro atoms. The highest BCUT2D eigenvalue weighted by molar-refractivity contribution is 5.83. The normalized spacial score (nSPS) is 11.8. The third kappa shape index (κ3) is 4.94. The fourth-order valence-corrected chi connectivity index (χ4v) is 2.59. The van der Waals surface area contributed by atoms with Crippen LogP contribution in [0.1, 0.15) is 17.0 Å². The van der Waals surface area contributed by atoms with Gasteiger partial charge in [0, 0.05) is 29.9 Å². The Labute approximate surface area is 144 Å². The Morgan fingerprint density at radius 3 is 2.20 bits per heavy atom. The average molecular weight is 344 g/mol. The van der Waals surface area contributed by atoms with Crippen LogP contribution in [0.25, 0.3) is 0 Å². The van der Waals surface area contributed by atoms with Gasteiger partial charge in [-0.05, 0) is 31.5 Å². The number of phenols is 1. The maximum atomic E-state index is 12.2. The number of carboxylic acids is 1. The van der Waals surface area contributed by atoms with Crippen LogP contribution >= 0.6 is 0 Å². The predicted octanol–water partition coefficient (Wildman–Crippen LogP) is 0.983. The average Bonchev–Trinajstić information content (AvgIpc) is 2.52. The van der Waals surface area contributed by atoms with Gasteiger partial charge in [-0.25, -0.2) is 4.79 Å². The summed E-state index contributed by atoms with van der Waals surface area (Å²) in [7, 11) is 0. The first kappa shape index (κ1) is 18.3. The van der Waals surface area contributed by atoms with Crippen LogP contribution in [0, 0.1) is 13.8 Å². The van der Waals surface area contributed by atoms with Crippen LogP contribution < -0.4 is 10.7 Å². The van der Waals surface area contributed by atoms with Crippen LogP contribution in [-0.4, -0.2) is 32.7 Å². The lowest BCUT2D eigenvalue weighted by molar-refractivity contribution is -0.141. The molecule has 1 aromatic heterocycles. The van der Waals surface area contributed by atoms with Crippen LogP contribution in [0.4, 0.5) is 0 Å². The topological polar surface area (TPSA) is 109 Å². The summed E-state index contributed by atoms with van der Waals surface area (Å²) in [4.78, 5) is 35.1. The molecule has 0 aliphatic carbocycles. The molecule has 0 aliphatic rings. The fraction of sp³-hybridized carbons (Fsp3) is 0.278. The minimum absolute atomic E-state index is 0.0721. The van der Waals surface area contributed by atoms with E-state index in [0.29, 0.717) is 17.0 Å². The van der Waals surface area contributed by atoms with Crippen molar-refractivity contribution in [2.24, 2.45) is 0 Å². The monoisotopic (exact) mass is 344 g/mol. The molecule has 2 rings (SSSR count). The SMILES string of the molecule is Cc1cc(=O)cc(C)n1CC(=O)NC(Cc1ccc(O)cc1)C(=O)O. The molecule has 1 amide bonds. The highest BCUT2D eigenvalue weighted by atomic mass is 16.4. The third-order valence-corrected chi connectivity index (χ3v) is 3.87. The molecular formula is C18H20N2O5. The largest absolute Gasteiger partial charge is 0.508 e. The smallest absolute Gasteiger partial charge is 0.326 e. The summed E-state index contributed by atoms with van der Waals surface area (Å²) in [5, 5.41) is 21.1. The molecule has 1 unspecified atom stereocenters. The molecule has 132 valence electrons. The van der Waals surface area contributed by atoms with Crippen molar-refractivity contribution in [3.05, 3.63) is 63.6 Å². The zero-order valence-electron chi connectivity index (χ0n) is 14.0. The van der Waals surface area contributed by atoms with Gasteiger partial charge in [0.05, 0.1) is 0 Å². The Hall–Kier alpha value is -3.09. The number of amides is 1. The Morgan fingerprint density at radius 2 is 1.68 bits per heavy atom. The standard InChI is InChI=1S/C18H20N2O5/c1-11-7-15(22)8-12(2)20(11)10-17(23)19-16(18(24)25)9-13-3-5-14(21)6-4-13/h3-8,16,21H,9-10H2,1-2H3,(H,19,23)(H,24,25). The second kappa shape index (κ2) is 7.65. The number of carbonyl (C=O) groups is 2. The molecule has 3 N–H and O–H groups in total. The van der Waals surface area contributed by atoms with E-state index in [4.69, 9.17) is 0 Å². The van der Waals surface area contributed by atoms with Gasteiger partial charge in [-0.1, -0.05) is 12.1 Å².